The summed E-state index contributed by atoms with van der Waals surface area (Å²) in [5, 5.41) is 0.711. The van der Waals surface area contributed by atoms with E-state index in [4.69, 9.17) is 4.98 Å². The van der Waals surface area contributed by atoms with Gasteiger partial charge in [-0.15, -0.1) is 0 Å². The van der Waals surface area contributed by atoms with Gasteiger partial charge in [0.25, 0.3) is 5.56 Å². The highest BCUT2D eigenvalue weighted by Gasteiger charge is 2.34. The lowest BCUT2D eigenvalue weighted by molar-refractivity contribution is -0.140. The lowest BCUT2D eigenvalue weighted by atomic mass is 10.0. The molecule has 0 atom stereocenters. The molecule has 37 heavy (non-hydrogen) atoms. The van der Waals surface area contributed by atoms with Crippen LogP contribution in [0.25, 0.3) is 33.8 Å². The van der Waals surface area contributed by atoms with Crippen molar-refractivity contribution in [2.75, 3.05) is 0 Å². The van der Waals surface area contributed by atoms with Crippen molar-refractivity contribution in [2.24, 2.45) is 7.05 Å². The molecule has 5 rings (SSSR count). The molecule has 0 aliphatic carbocycles. The van der Waals surface area contributed by atoms with Crippen molar-refractivity contribution in [1.82, 2.24) is 29.1 Å². The summed E-state index contributed by atoms with van der Waals surface area (Å²) in [7, 11) is 1.52. The molecule has 0 spiro atoms. The molecule has 1 aromatic carbocycles. The van der Waals surface area contributed by atoms with Crippen LogP contribution in [-0.2, 0) is 19.8 Å². The molecule has 0 aliphatic rings. The van der Waals surface area contributed by atoms with Crippen LogP contribution >= 0.6 is 0 Å². The van der Waals surface area contributed by atoms with Gasteiger partial charge in [0, 0.05) is 48.2 Å². The minimum atomic E-state index is -4.52. The molecule has 0 amide bonds. The number of aromatic nitrogens is 6. The minimum absolute atomic E-state index is 0.165. The Bertz CT molecular complexity index is 1650. The second-order valence-electron chi connectivity index (χ2n) is 9.08. The molecule has 4 heterocycles. The van der Waals surface area contributed by atoms with Crippen molar-refractivity contribution in [3.05, 3.63) is 94.4 Å². The van der Waals surface area contributed by atoms with Crippen molar-refractivity contribution < 1.29 is 13.2 Å². The van der Waals surface area contributed by atoms with Gasteiger partial charge in [0.1, 0.15) is 11.5 Å². The molecule has 0 radical (unpaired) electrons. The number of pyridine rings is 2. The van der Waals surface area contributed by atoms with E-state index in [1.165, 1.54) is 17.7 Å². The second-order valence-corrected chi connectivity index (χ2v) is 9.08. The van der Waals surface area contributed by atoms with Crippen molar-refractivity contribution in [3.8, 4) is 22.8 Å². The van der Waals surface area contributed by atoms with Crippen LogP contribution in [0.15, 0.2) is 71.9 Å². The van der Waals surface area contributed by atoms with E-state index in [2.05, 4.69) is 15.0 Å². The lowest BCUT2D eigenvalue weighted by Gasteiger charge is -2.13. The van der Waals surface area contributed by atoms with Gasteiger partial charge in [-0.3, -0.25) is 14.3 Å². The quantitative estimate of drug-likeness (QED) is 0.318. The van der Waals surface area contributed by atoms with Gasteiger partial charge in [0.05, 0.1) is 12.2 Å². The summed E-state index contributed by atoms with van der Waals surface area (Å²) in [6.45, 7) is 4.31. The Balaban J connectivity index is 1.51. The summed E-state index contributed by atoms with van der Waals surface area (Å²) in [6.07, 6.45) is -0.136. The van der Waals surface area contributed by atoms with Crippen molar-refractivity contribution in [1.29, 1.82) is 0 Å². The average Bonchev–Trinajstić information content (AvgIpc) is 3.28. The Morgan fingerprint density at radius 3 is 2.41 bits per heavy atom. The molecule has 0 saturated heterocycles. The zero-order valence-electron chi connectivity index (χ0n) is 20.4. The van der Waals surface area contributed by atoms with E-state index in [0.717, 1.165) is 23.0 Å². The Hall–Kier alpha value is -4.34. The van der Waals surface area contributed by atoms with E-state index in [0.29, 0.717) is 22.4 Å². The highest BCUT2D eigenvalue weighted by Crippen LogP contribution is 2.31. The molecule has 188 valence electrons. The number of rotatable bonds is 5. The number of aryl methyl sites for hydroxylation is 1. The van der Waals surface area contributed by atoms with E-state index in [9.17, 15) is 18.0 Å². The molecule has 5 aromatic rings. The maximum atomic E-state index is 13.0. The first-order valence-corrected chi connectivity index (χ1v) is 11.6. The van der Waals surface area contributed by atoms with Gasteiger partial charge < -0.3 is 4.57 Å². The van der Waals surface area contributed by atoms with E-state index >= 15 is 0 Å². The number of hydrogen-bond acceptors (Lipinski definition) is 5. The van der Waals surface area contributed by atoms with E-state index in [-0.39, 0.29) is 23.8 Å². The molecule has 4 aromatic heterocycles. The van der Waals surface area contributed by atoms with Crippen molar-refractivity contribution >= 4 is 11.0 Å². The molecule has 10 heteroatoms. The maximum absolute atomic E-state index is 13.0. The summed E-state index contributed by atoms with van der Waals surface area (Å²) in [5.41, 5.74) is 2.31. The summed E-state index contributed by atoms with van der Waals surface area (Å²) in [5.74, 6) is 0.850. The highest BCUT2D eigenvalue weighted by atomic mass is 19.4. The number of alkyl halides is 3. The zero-order valence-corrected chi connectivity index (χ0v) is 20.4. The largest absolute Gasteiger partial charge is 0.434 e. The SMILES string of the molecule is CC(C)c1ncccc1-c1ncc2ccc(=O)n(Cc3ccc(-c4nc(C(F)(F)F)cn4C)cc3)c2n1. The monoisotopic (exact) mass is 504 g/mol. The fourth-order valence-corrected chi connectivity index (χ4v) is 4.23. The third kappa shape index (κ3) is 4.74. The molecule has 0 N–H and O–H groups in total. The summed E-state index contributed by atoms with van der Waals surface area (Å²) < 4.78 is 42.0. The topological polar surface area (TPSA) is 78.5 Å². The van der Waals surface area contributed by atoms with Gasteiger partial charge in [-0.1, -0.05) is 38.1 Å². The molecular weight excluding hydrogens is 481 g/mol. The Morgan fingerprint density at radius 2 is 1.73 bits per heavy atom. The first kappa shape index (κ1) is 24.4. The summed E-state index contributed by atoms with van der Waals surface area (Å²) in [6, 6.07) is 13.8. The van der Waals surface area contributed by atoms with Crippen LogP contribution in [-0.4, -0.2) is 29.1 Å². The third-order valence-electron chi connectivity index (χ3n) is 6.07. The van der Waals surface area contributed by atoms with Gasteiger partial charge in [0.15, 0.2) is 11.5 Å². The predicted octanol–water partition coefficient (Wildman–Crippen LogP) is 5.44. The van der Waals surface area contributed by atoms with Crippen LogP contribution in [0.3, 0.4) is 0 Å². The molecule has 0 unspecified atom stereocenters. The van der Waals surface area contributed by atoms with Crippen molar-refractivity contribution in [2.45, 2.75) is 32.5 Å². The van der Waals surface area contributed by atoms with E-state index in [1.54, 1.807) is 47.3 Å². The molecule has 0 fully saturated rings. The minimum Gasteiger partial charge on any atom is -0.333 e. The fraction of sp³-hybridized carbons (Fsp3) is 0.222. The second kappa shape index (κ2) is 9.27. The Kier molecular flexibility index (Phi) is 6.10. The number of benzene rings is 1. The van der Waals surface area contributed by atoms with Crippen LogP contribution in [0.1, 0.15) is 36.7 Å². The Labute approximate surface area is 210 Å². The lowest BCUT2D eigenvalue weighted by Crippen LogP contribution is -2.21. The number of halogens is 3. The van der Waals surface area contributed by atoms with E-state index in [1.807, 2.05) is 26.0 Å². The Morgan fingerprint density at radius 1 is 0.973 bits per heavy atom. The van der Waals surface area contributed by atoms with Crippen molar-refractivity contribution in [3.63, 3.8) is 0 Å². The number of imidazole rings is 1. The summed E-state index contributed by atoms with van der Waals surface area (Å²) in [4.78, 5) is 30.3. The van der Waals surface area contributed by atoms with Gasteiger partial charge in [0.2, 0.25) is 0 Å². The average molecular weight is 505 g/mol. The van der Waals surface area contributed by atoms with E-state index < -0.39 is 11.9 Å². The molecule has 0 bridgehead atoms. The summed E-state index contributed by atoms with van der Waals surface area (Å²) >= 11 is 0. The normalized spacial score (nSPS) is 12.0. The maximum Gasteiger partial charge on any atom is 0.434 e. The van der Waals surface area contributed by atoms with Gasteiger partial charge in [-0.05, 0) is 29.7 Å². The van der Waals surface area contributed by atoms with Crippen LogP contribution in [0.5, 0.6) is 0 Å². The van der Waals surface area contributed by atoms with Crippen LogP contribution < -0.4 is 5.56 Å². The van der Waals surface area contributed by atoms with Gasteiger partial charge >= 0.3 is 6.18 Å². The highest BCUT2D eigenvalue weighted by molar-refractivity contribution is 5.76. The molecule has 7 nitrogen and oxygen atoms in total. The van der Waals surface area contributed by atoms with Crippen LogP contribution in [0.4, 0.5) is 13.2 Å². The molecular formula is C27H23F3N6O. The number of hydrogen-bond donors (Lipinski definition) is 0. The number of nitrogens with zero attached hydrogens (tertiary/aromatic N) is 6. The number of fused-ring (bicyclic) bond motifs is 1. The van der Waals surface area contributed by atoms with Gasteiger partial charge in [-0.2, -0.15) is 13.2 Å². The van der Waals surface area contributed by atoms with Gasteiger partial charge in [-0.25, -0.2) is 15.0 Å². The van der Waals surface area contributed by atoms with Crippen LogP contribution in [0, 0.1) is 0 Å². The first-order chi connectivity index (χ1) is 17.6. The zero-order chi connectivity index (χ0) is 26.3. The fourth-order valence-electron chi connectivity index (χ4n) is 4.23. The smallest absolute Gasteiger partial charge is 0.333 e. The van der Waals surface area contributed by atoms with Crippen LogP contribution in [0.2, 0.25) is 0 Å². The molecule has 0 aliphatic heterocycles. The molecule has 0 saturated carbocycles. The predicted molar refractivity (Wildman–Crippen MR) is 134 cm³/mol. The standard InChI is InChI=1S/C27H23F3N6O/c1-16(2)23-20(5-4-12-31-23)24-32-13-19-10-11-22(37)36(26(19)34-24)14-17-6-8-18(9-7-17)25-33-21(15-35(25)3)27(28,29)30/h4-13,15-16H,14H2,1-3H3. The first-order valence-electron chi connectivity index (χ1n) is 11.6. The third-order valence-corrected chi connectivity index (χ3v) is 6.07.